The van der Waals surface area contributed by atoms with Crippen LogP contribution in [0.15, 0.2) is 47.4 Å². The van der Waals surface area contributed by atoms with E-state index in [0.717, 1.165) is 11.1 Å². The minimum atomic E-state index is -3.80. The maximum Gasteiger partial charge on any atom is 0.242 e. The molecule has 2 rings (SSSR count). The van der Waals surface area contributed by atoms with Crippen molar-refractivity contribution in [1.82, 2.24) is 4.72 Å². The van der Waals surface area contributed by atoms with Gasteiger partial charge in [-0.1, -0.05) is 23.7 Å². The van der Waals surface area contributed by atoms with Crippen molar-refractivity contribution < 1.29 is 13.2 Å². The summed E-state index contributed by atoms with van der Waals surface area (Å²) in [6, 6.07) is 10.4. The van der Waals surface area contributed by atoms with Crippen LogP contribution >= 0.6 is 11.6 Å². The van der Waals surface area contributed by atoms with Gasteiger partial charge in [0.1, 0.15) is 0 Å². The van der Waals surface area contributed by atoms with Gasteiger partial charge in [-0.3, -0.25) is 4.79 Å². The lowest BCUT2D eigenvalue weighted by molar-refractivity contribution is -0.117. The van der Waals surface area contributed by atoms with Gasteiger partial charge < -0.3 is 5.32 Å². The molecule has 2 aromatic carbocycles. The molecule has 5 nitrogen and oxygen atoms in total. The number of carbonyl (C=O) groups excluding carboxylic acids is 1. The second kappa shape index (κ2) is 7.34. The third-order valence-electron chi connectivity index (χ3n) is 3.71. The summed E-state index contributed by atoms with van der Waals surface area (Å²) in [5, 5.41) is 3.19. The summed E-state index contributed by atoms with van der Waals surface area (Å²) in [5.41, 5.74) is 2.65. The van der Waals surface area contributed by atoms with Gasteiger partial charge in [-0.25, -0.2) is 8.42 Å². The van der Waals surface area contributed by atoms with E-state index in [1.807, 2.05) is 26.0 Å². The molecular weight excluding hydrogens is 348 g/mol. The topological polar surface area (TPSA) is 75.3 Å². The largest absolute Gasteiger partial charge is 0.324 e. The lowest BCUT2D eigenvalue weighted by Crippen LogP contribution is -2.41. The van der Waals surface area contributed by atoms with Crippen LogP contribution in [0.3, 0.4) is 0 Å². The predicted octanol–water partition coefficient (Wildman–Crippen LogP) is 3.26. The van der Waals surface area contributed by atoms with Crippen molar-refractivity contribution in [3.8, 4) is 0 Å². The van der Waals surface area contributed by atoms with Gasteiger partial charge in [0.05, 0.1) is 10.9 Å². The van der Waals surface area contributed by atoms with Crippen molar-refractivity contribution in [2.24, 2.45) is 0 Å². The average molecular weight is 367 g/mol. The maximum absolute atomic E-state index is 12.3. The van der Waals surface area contributed by atoms with E-state index in [2.05, 4.69) is 10.0 Å². The second-order valence-electron chi connectivity index (χ2n) is 5.53. The van der Waals surface area contributed by atoms with Crippen LogP contribution in [0.25, 0.3) is 0 Å². The third kappa shape index (κ3) is 4.35. The number of hydrogen-bond acceptors (Lipinski definition) is 3. The molecule has 0 aliphatic rings. The first kappa shape index (κ1) is 18.4. The van der Waals surface area contributed by atoms with Gasteiger partial charge in [0.15, 0.2) is 0 Å². The quantitative estimate of drug-likeness (QED) is 0.852. The number of benzene rings is 2. The standard InChI is InChI=1S/C17H19ClN2O3S/c1-11-5-4-6-16(12(11)2)19-17(21)13(3)20-24(22,23)15-9-7-14(18)8-10-15/h4-10,13,20H,1-3H3,(H,19,21)/t13-/m0/s1. The Kier molecular flexibility index (Phi) is 5.64. The Bertz CT molecular complexity index is 849. The molecule has 2 aromatic rings. The Morgan fingerprint density at radius 2 is 1.71 bits per heavy atom. The van der Waals surface area contributed by atoms with E-state index in [9.17, 15) is 13.2 Å². The molecule has 0 saturated heterocycles. The lowest BCUT2D eigenvalue weighted by Gasteiger charge is -2.16. The van der Waals surface area contributed by atoms with Gasteiger partial charge in [0.25, 0.3) is 0 Å². The number of halogens is 1. The normalized spacial score (nSPS) is 12.7. The number of hydrogen-bond donors (Lipinski definition) is 2. The maximum atomic E-state index is 12.3. The summed E-state index contributed by atoms with van der Waals surface area (Å²) in [5.74, 6) is -0.429. The first-order valence-corrected chi connectivity index (χ1v) is 9.22. The fourth-order valence-electron chi connectivity index (χ4n) is 2.10. The van der Waals surface area contributed by atoms with Gasteiger partial charge in [-0.2, -0.15) is 4.72 Å². The summed E-state index contributed by atoms with van der Waals surface area (Å²) in [4.78, 5) is 12.3. The molecule has 0 saturated carbocycles. The lowest BCUT2D eigenvalue weighted by atomic mass is 10.1. The molecule has 2 N–H and O–H groups in total. The highest BCUT2D eigenvalue weighted by molar-refractivity contribution is 7.89. The van der Waals surface area contributed by atoms with E-state index in [1.165, 1.54) is 31.2 Å². The molecule has 128 valence electrons. The molecule has 0 aromatic heterocycles. The van der Waals surface area contributed by atoms with E-state index in [1.54, 1.807) is 6.07 Å². The second-order valence-corrected chi connectivity index (χ2v) is 7.68. The first-order chi connectivity index (χ1) is 11.2. The smallest absolute Gasteiger partial charge is 0.242 e. The van der Waals surface area contributed by atoms with Crippen molar-refractivity contribution in [2.75, 3.05) is 5.32 Å². The van der Waals surface area contributed by atoms with Gasteiger partial charge in [0, 0.05) is 10.7 Å². The fraction of sp³-hybridized carbons (Fsp3) is 0.235. The summed E-state index contributed by atoms with van der Waals surface area (Å²) >= 11 is 5.76. The molecule has 0 fully saturated rings. The number of aryl methyl sites for hydroxylation is 1. The minimum Gasteiger partial charge on any atom is -0.324 e. The Balaban J connectivity index is 2.11. The van der Waals surface area contributed by atoms with Crippen LogP contribution in [0.2, 0.25) is 5.02 Å². The number of sulfonamides is 1. The zero-order valence-corrected chi connectivity index (χ0v) is 15.2. The summed E-state index contributed by atoms with van der Waals surface area (Å²) in [6.45, 7) is 5.33. The van der Waals surface area contributed by atoms with E-state index >= 15 is 0 Å². The van der Waals surface area contributed by atoms with Crippen LogP contribution in [-0.2, 0) is 14.8 Å². The first-order valence-electron chi connectivity index (χ1n) is 7.35. The molecule has 0 heterocycles. The molecule has 0 radical (unpaired) electrons. The fourth-order valence-corrected chi connectivity index (χ4v) is 3.42. The highest BCUT2D eigenvalue weighted by Crippen LogP contribution is 2.18. The molecule has 24 heavy (non-hydrogen) atoms. The third-order valence-corrected chi connectivity index (χ3v) is 5.52. The van der Waals surface area contributed by atoms with Crippen LogP contribution < -0.4 is 10.0 Å². The van der Waals surface area contributed by atoms with Gasteiger partial charge in [0.2, 0.25) is 15.9 Å². The molecule has 0 aliphatic carbocycles. The van der Waals surface area contributed by atoms with Crippen molar-refractivity contribution >= 4 is 33.2 Å². The van der Waals surface area contributed by atoms with Crippen LogP contribution in [0.5, 0.6) is 0 Å². The number of rotatable bonds is 5. The van der Waals surface area contributed by atoms with Crippen molar-refractivity contribution in [1.29, 1.82) is 0 Å². The van der Waals surface area contributed by atoms with E-state index in [0.29, 0.717) is 10.7 Å². The van der Waals surface area contributed by atoms with Crippen LogP contribution in [0.1, 0.15) is 18.1 Å². The number of nitrogens with one attached hydrogen (secondary N) is 2. The zero-order valence-electron chi connectivity index (χ0n) is 13.6. The van der Waals surface area contributed by atoms with Crippen molar-refractivity contribution in [2.45, 2.75) is 31.7 Å². The molecular formula is C17H19ClN2O3S. The molecule has 0 aliphatic heterocycles. The summed E-state index contributed by atoms with van der Waals surface area (Å²) < 4.78 is 27.0. The van der Waals surface area contributed by atoms with E-state index in [4.69, 9.17) is 11.6 Å². The van der Waals surface area contributed by atoms with E-state index in [-0.39, 0.29) is 4.90 Å². The van der Waals surface area contributed by atoms with Crippen LogP contribution in [0, 0.1) is 13.8 Å². The Morgan fingerprint density at radius 3 is 2.33 bits per heavy atom. The molecule has 1 amide bonds. The molecule has 7 heteroatoms. The average Bonchev–Trinajstić information content (AvgIpc) is 2.51. The monoisotopic (exact) mass is 366 g/mol. The highest BCUT2D eigenvalue weighted by Gasteiger charge is 2.22. The Morgan fingerprint density at radius 1 is 1.08 bits per heavy atom. The van der Waals surface area contributed by atoms with Crippen molar-refractivity contribution in [3.05, 3.63) is 58.6 Å². The Hall–Kier alpha value is -1.89. The highest BCUT2D eigenvalue weighted by atomic mass is 35.5. The molecule has 0 bridgehead atoms. The van der Waals surface area contributed by atoms with Crippen LogP contribution in [-0.4, -0.2) is 20.4 Å². The molecule has 0 unspecified atom stereocenters. The number of amides is 1. The summed E-state index contributed by atoms with van der Waals surface area (Å²) in [7, 11) is -3.80. The van der Waals surface area contributed by atoms with Gasteiger partial charge >= 0.3 is 0 Å². The number of anilines is 1. The van der Waals surface area contributed by atoms with Crippen molar-refractivity contribution in [3.63, 3.8) is 0 Å². The molecule has 0 spiro atoms. The number of carbonyl (C=O) groups is 1. The predicted molar refractivity (Wildman–Crippen MR) is 95.8 cm³/mol. The van der Waals surface area contributed by atoms with Crippen LogP contribution in [0.4, 0.5) is 5.69 Å². The zero-order chi connectivity index (χ0) is 17.9. The van der Waals surface area contributed by atoms with Gasteiger partial charge in [-0.15, -0.1) is 0 Å². The minimum absolute atomic E-state index is 0.0540. The SMILES string of the molecule is Cc1cccc(NC(=O)[C@H](C)NS(=O)(=O)c2ccc(Cl)cc2)c1C. The summed E-state index contributed by atoms with van der Waals surface area (Å²) in [6.07, 6.45) is 0. The van der Waals surface area contributed by atoms with Gasteiger partial charge in [-0.05, 0) is 62.2 Å². The van der Waals surface area contributed by atoms with E-state index < -0.39 is 22.0 Å². The Labute approximate surface area is 147 Å². The molecule has 1 atom stereocenters.